The second-order valence-corrected chi connectivity index (χ2v) is 9.92. The molecule has 1 atom stereocenters. The first kappa shape index (κ1) is 30.7. The van der Waals surface area contributed by atoms with Gasteiger partial charge in [0.2, 0.25) is 0 Å². The van der Waals surface area contributed by atoms with Crippen LogP contribution in [0.2, 0.25) is 5.02 Å². The molecule has 0 spiro atoms. The Balaban J connectivity index is 0.000000517. The summed E-state index contributed by atoms with van der Waals surface area (Å²) >= 11 is 6.25. The van der Waals surface area contributed by atoms with Crippen LogP contribution in [0.25, 0.3) is 22.5 Å². The van der Waals surface area contributed by atoms with Crippen LogP contribution in [0.5, 0.6) is 0 Å². The van der Waals surface area contributed by atoms with Gasteiger partial charge in [-0.05, 0) is 84.6 Å². The predicted octanol–water partition coefficient (Wildman–Crippen LogP) is 5.52. The summed E-state index contributed by atoms with van der Waals surface area (Å²) in [6, 6.07) is 15.7. The van der Waals surface area contributed by atoms with Crippen LogP contribution in [0.3, 0.4) is 0 Å². The molecule has 1 aliphatic heterocycles. The summed E-state index contributed by atoms with van der Waals surface area (Å²) in [5, 5.41) is 18.5. The first-order valence-electron chi connectivity index (χ1n) is 12.8. The standard InChI is InChI=1S/C27H25ClFN5O.C2HF3O2/c1-30-27(35)20-10-17(11-21(28)12-20)16-34-9-7-25(33-34)23-13-26(18-2-4-22(29)5-3-18)32-15-24(23)19-6-8-31-14-19;3-2(4,5)1(6)7/h2-5,7,9-13,15,19,31H,6,8,14,16H2,1H3,(H,30,35);(H,6,7). The molecule has 220 valence electrons. The normalized spacial score (nSPS) is 14.7. The molecule has 1 fully saturated rings. The zero-order chi connectivity index (χ0) is 30.4. The van der Waals surface area contributed by atoms with Gasteiger partial charge in [0.15, 0.2) is 0 Å². The summed E-state index contributed by atoms with van der Waals surface area (Å²) in [5.41, 5.74) is 6.02. The molecule has 1 unspecified atom stereocenters. The molecule has 4 aromatic rings. The molecule has 3 heterocycles. The maximum atomic E-state index is 13.4. The van der Waals surface area contributed by atoms with Crippen LogP contribution < -0.4 is 10.6 Å². The van der Waals surface area contributed by atoms with Crippen LogP contribution in [0.1, 0.15) is 33.8 Å². The Labute approximate surface area is 243 Å². The molecule has 5 rings (SSSR count). The highest BCUT2D eigenvalue weighted by molar-refractivity contribution is 6.31. The number of hydrogen-bond acceptors (Lipinski definition) is 5. The van der Waals surface area contributed by atoms with Crippen molar-refractivity contribution < 1.29 is 32.3 Å². The van der Waals surface area contributed by atoms with Gasteiger partial charge in [0.25, 0.3) is 5.91 Å². The molecule has 1 amide bonds. The average Bonchev–Trinajstić information content (AvgIpc) is 3.65. The highest BCUT2D eigenvalue weighted by Crippen LogP contribution is 2.34. The van der Waals surface area contributed by atoms with Crippen LogP contribution in [0, 0.1) is 5.82 Å². The Morgan fingerprint density at radius 1 is 1.12 bits per heavy atom. The van der Waals surface area contributed by atoms with Gasteiger partial charge >= 0.3 is 12.1 Å². The fourth-order valence-corrected chi connectivity index (χ4v) is 4.77. The molecule has 0 radical (unpaired) electrons. The Kier molecular flexibility index (Phi) is 9.59. The predicted molar refractivity (Wildman–Crippen MR) is 149 cm³/mol. The van der Waals surface area contributed by atoms with E-state index in [2.05, 4.69) is 10.6 Å². The van der Waals surface area contributed by atoms with Gasteiger partial charge in [0.1, 0.15) is 5.82 Å². The van der Waals surface area contributed by atoms with Crippen LogP contribution in [-0.4, -0.2) is 58.1 Å². The van der Waals surface area contributed by atoms with E-state index in [1.165, 1.54) is 12.1 Å². The van der Waals surface area contributed by atoms with Crippen LogP contribution >= 0.6 is 11.6 Å². The first-order valence-corrected chi connectivity index (χ1v) is 13.1. The molecule has 0 bridgehead atoms. The maximum absolute atomic E-state index is 13.4. The van der Waals surface area contributed by atoms with Crippen molar-refractivity contribution >= 4 is 23.5 Å². The Morgan fingerprint density at radius 2 is 1.83 bits per heavy atom. The number of amides is 1. The van der Waals surface area contributed by atoms with E-state index in [4.69, 9.17) is 31.6 Å². The lowest BCUT2D eigenvalue weighted by atomic mass is 9.92. The monoisotopic (exact) mass is 603 g/mol. The number of aromatic nitrogens is 3. The third-order valence-electron chi connectivity index (χ3n) is 6.53. The molecule has 2 aromatic heterocycles. The first-order chi connectivity index (χ1) is 19.9. The Bertz CT molecular complexity index is 1570. The fourth-order valence-electron chi connectivity index (χ4n) is 4.51. The van der Waals surface area contributed by atoms with Gasteiger partial charge in [-0.3, -0.25) is 14.5 Å². The van der Waals surface area contributed by atoms with Crippen molar-refractivity contribution in [2.75, 3.05) is 20.1 Å². The van der Waals surface area contributed by atoms with E-state index in [1.54, 1.807) is 25.2 Å². The van der Waals surface area contributed by atoms with Crippen molar-refractivity contribution in [2.45, 2.75) is 25.1 Å². The number of alkyl halides is 3. The summed E-state index contributed by atoms with van der Waals surface area (Å²) < 4.78 is 47.0. The summed E-state index contributed by atoms with van der Waals surface area (Å²) in [6.45, 7) is 2.34. The fraction of sp³-hybridized carbons (Fsp3) is 0.241. The van der Waals surface area contributed by atoms with Gasteiger partial charge in [-0.15, -0.1) is 0 Å². The number of halogens is 5. The molecule has 0 saturated carbocycles. The Morgan fingerprint density at radius 3 is 2.45 bits per heavy atom. The average molecular weight is 604 g/mol. The summed E-state index contributed by atoms with van der Waals surface area (Å²) in [6.07, 6.45) is -0.197. The minimum absolute atomic E-state index is 0.185. The quantitative estimate of drug-likeness (QED) is 0.250. The van der Waals surface area contributed by atoms with Gasteiger partial charge in [-0.2, -0.15) is 18.3 Å². The second-order valence-electron chi connectivity index (χ2n) is 9.48. The molecular formula is C29H26ClF4N5O3. The van der Waals surface area contributed by atoms with Crippen LogP contribution in [-0.2, 0) is 11.3 Å². The van der Waals surface area contributed by atoms with Crippen LogP contribution in [0.15, 0.2) is 67.0 Å². The second kappa shape index (κ2) is 13.1. The molecule has 1 aliphatic rings. The molecule has 13 heteroatoms. The van der Waals surface area contributed by atoms with Crippen molar-refractivity contribution in [3.8, 4) is 22.5 Å². The summed E-state index contributed by atoms with van der Waals surface area (Å²) in [7, 11) is 1.59. The number of carbonyl (C=O) groups is 2. The smallest absolute Gasteiger partial charge is 0.475 e. The van der Waals surface area contributed by atoms with Gasteiger partial charge in [0, 0.05) is 47.7 Å². The molecule has 2 aromatic carbocycles. The molecule has 1 saturated heterocycles. The third kappa shape index (κ3) is 7.71. The minimum Gasteiger partial charge on any atom is -0.475 e. The lowest BCUT2D eigenvalue weighted by Crippen LogP contribution is -2.21. The van der Waals surface area contributed by atoms with E-state index in [1.807, 2.05) is 41.3 Å². The SMILES string of the molecule is CNC(=O)c1cc(Cl)cc(Cn2ccc(-c3cc(-c4ccc(F)cc4)ncc3C3CCNC3)n2)c1.O=C(O)C(F)(F)F. The van der Waals surface area contributed by atoms with E-state index in [0.29, 0.717) is 23.0 Å². The highest BCUT2D eigenvalue weighted by atomic mass is 35.5. The van der Waals surface area contributed by atoms with Crippen molar-refractivity contribution in [3.05, 3.63) is 94.5 Å². The number of pyridine rings is 1. The minimum atomic E-state index is -5.08. The van der Waals surface area contributed by atoms with Gasteiger partial charge in [0.05, 0.1) is 17.9 Å². The topological polar surface area (TPSA) is 109 Å². The van der Waals surface area contributed by atoms with Crippen molar-refractivity contribution in [2.24, 2.45) is 0 Å². The van der Waals surface area contributed by atoms with E-state index in [9.17, 15) is 22.4 Å². The van der Waals surface area contributed by atoms with E-state index in [-0.39, 0.29) is 11.7 Å². The molecule has 0 aliphatic carbocycles. The number of rotatable bonds is 6. The van der Waals surface area contributed by atoms with Crippen molar-refractivity contribution in [1.29, 1.82) is 0 Å². The summed E-state index contributed by atoms with van der Waals surface area (Å²) in [5.74, 6) is -2.86. The van der Waals surface area contributed by atoms with E-state index < -0.39 is 12.1 Å². The number of aliphatic carboxylic acids is 1. The highest BCUT2D eigenvalue weighted by Gasteiger charge is 2.38. The molecule has 42 heavy (non-hydrogen) atoms. The van der Waals surface area contributed by atoms with Gasteiger partial charge in [-0.25, -0.2) is 9.18 Å². The van der Waals surface area contributed by atoms with E-state index >= 15 is 0 Å². The van der Waals surface area contributed by atoms with Gasteiger partial charge < -0.3 is 15.7 Å². The molecular weight excluding hydrogens is 578 g/mol. The molecule has 3 N–H and O–H groups in total. The maximum Gasteiger partial charge on any atom is 0.490 e. The third-order valence-corrected chi connectivity index (χ3v) is 6.74. The number of carbonyl (C=O) groups excluding carboxylic acids is 1. The van der Waals surface area contributed by atoms with Crippen molar-refractivity contribution in [1.82, 2.24) is 25.4 Å². The lowest BCUT2D eigenvalue weighted by Gasteiger charge is -2.15. The number of carboxylic acid groups (broad SMARTS) is 1. The zero-order valence-electron chi connectivity index (χ0n) is 22.3. The van der Waals surface area contributed by atoms with E-state index in [0.717, 1.165) is 53.2 Å². The molecule has 8 nitrogen and oxygen atoms in total. The lowest BCUT2D eigenvalue weighted by molar-refractivity contribution is -0.192. The number of benzene rings is 2. The Hall–Kier alpha value is -4.29. The number of hydrogen-bond donors (Lipinski definition) is 3. The zero-order valence-corrected chi connectivity index (χ0v) is 23.0. The summed E-state index contributed by atoms with van der Waals surface area (Å²) in [4.78, 5) is 25.7. The van der Waals surface area contributed by atoms with Crippen LogP contribution in [0.4, 0.5) is 17.6 Å². The number of carboxylic acids is 1. The van der Waals surface area contributed by atoms with Crippen molar-refractivity contribution in [3.63, 3.8) is 0 Å². The number of nitrogens with one attached hydrogen (secondary N) is 2. The number of nitrogens with zero attached hydrogens (tertiary/aromatic N) is 3. The van der Waals surface area contributed by atoms with Gasteiger partial charge in [-0.1, -0.05) is 11.6 Å². The largest absolute Gasteiger partial charge is 0.490 e.